The monoisotopic (exact) mass is 488 g/mol. The van der Waals surface area contributed by atoms with Crippen LogP contribution < -0.4 is 10.1 Å². The van der Waals surface area contributed by atoms with E-state index in [0.717, 1.165) is 0 Å². The number of nitrogens with one attached hydrogen (secondary N) is 1. The predicted octanol–water partition coefficient (Wildman–Crippen LogP) is 3.79. The maximum Gasteiger partial charge on any atom is 0.335 e. The summed E-state index contributed by atoms with van der Waals surface area (Å²) in [5.74, 6) is -1.12. The first-order valence-electron chi connectivity index (χ1n) is 11.9. The lowest BCUT2D eigenvalue weighted by Crippen LogP contribution is -2.60. The summed E-state index contributed by atoms with van der Waals surface area (Å²) in [7, 11) is 1.53. The molecular formula is C26H36N2O7. The molecule has 3 rings (SSSR count). The van der Waals surface area contributed by atoms with E-state index in [1.54, 1.807) is 26.8 Å². The molecule has 0 aliphatic carbocycles. The van der Waals surface area contributed by atoms with E-state index in [2.05, 4.69) is 5.32 Å². The molecule has 2 aliphatic rings. The van der Waals surface area contributed by atoms with Gasteiger partial charge in [-0.3, -0.25) is 9.69 Å². The van der Waals surface area contributed by atoms with Crippen LogP contribution in [0.2, 0.25) is 0 Å². The number of fused-ring (bicyclic) bond motifs is 1. The Morgan fingerprint density at radius 2 is 1.94 bits per heavy atom. The fourth-order valence-corrected chi connectivity index (χ4v) is 4.82. The van der Waals surface area contributed by atoms with Crippen LogP contribution in [0.25, 0.3) is 0 Å². The smallest absolute Gasteiger partial charge is 0.335 e. The van der Waals surface area contributed by atoms with E-state index in [0.29, 0.717) is 30.0 Å². The minimum Gasteiger partial charge on any atom is -0.482 e. The van der Waals surface area contributed by atoms with E-state index in [4.69, 9.17) is 14.2 Å². The fraction of sp³-hybridized carbons (Fsp3) is 0.577. The molecule has 192 valence electrons. The van der Waals surface area contributed by atoms with Gasteiger partial charge in [0.05, 0.1) is 24.7 Å². The number of carboxylic acid groups (broad SMARTS) is 1. The highest BCUT2D eigenvalue weighted by atomic mass is 16.6. The molecule has 0 spiro atoms. The number of ether oxygens (including phenoxy) is 3. The predicted molar refractivity (Wildman–Crippen MR) is 129 cm³/mol. The van der Waals surface area contributed by atoms with Crippen LogP contribution in [-0.4, -0.2) is 58.3 Å². The molecule has 0 saturated carbocycles. The lowest BCUT2D eigenvalue weighted by atomic mass is 9.84. The number of nitrogens with zero attached hydrogens (tertiary/aromatic N) is 1. The summed E-state index contributed by atoms with van der Waals surface area (Å²) < 4.78 is 17.2. The Hall–Kier alpha value is -3.07. The molecule has 1 saturated heterocycles. The molecule has 2 heterocycles. The molecule has 1 amide bonds. The number of carboxylic acids is 1. The van der Waals surface area contributed by atoms with Crippen LogP contribution in [0.4, 0.5) is 0 Å². The average molecular weight is 489 g/mol. The highest BCUT2D eigenvalue weighted by molar-refractivity contribution is 5.89. The molecule has 9 nitrogen and oxygen atoms in total. The maximum atomic E-state index is 13.8. The standard InChI is InChI=1S/C26H36N2O7/c1-8-26(9-2)14-20(29)28(19(27-26)13-21(30)35-24(3,4)5)22-17-12-16(23(31)32)10-11-18(17)34-25(22,6)15-33-7/h10-13,22,27H,8-9,14-15H2,1-7H3,(H,31,32)/b19-13+/t22-,25-/m0/s1. The van der Waals surface area contributed by atoms with Gasteiger partial charge in [-0.05, 0) is 58.7 Å². The molecule has 2 atom stereocenters. The van der Waals surface area contributed by atoms with Crippen LogP contribution in [0.3, 0.4) is 0 Å². The van der Waals surface area contributed by atoms with Crippen LogP contribution >= 0.6 is 0 Å². The van der Waals surface area contributed by atoms with Crippen molar-refractivity contribution in [2.45, 2.75) is 83.6 Å². The van der Waals surface area contributed by atoms with Gasteiger partial charge in [0.2, 0.25) is 5.91 Å². The Morgan fingerprint density at radius 3 is 2.49 bits per heavy atom. The summed E-state index contributed by atoms with van der Waals surface area (Å²) in [5.41, 5.74) is -1.66. The lowest BCUT2D eigenvalue weighted by molar-refractivity contribution is -0.149. The molecule has 0 unspecified atom stereocenters. The van der Waals surface area contributed by atoms with E-state index >= 15 is 0 Å². The first-order chi connectivity index (χ1) is 16.3. The van der Waals surface area contributed by atoms with E-state index in [1.807, 2.05) is 20.8 Å². The molecule has 9 heteroatoms. The van der Waals surface area contributed by atoms with Gasteiger partial charge in [-0.15, -0.1) is 0 Å². The van der Waals surface area contributed by atoms with Gasteiger partial charge in [0.1, 0.15) is 23.2 Å². The van der Waals surface area contributed by atoms with Gasteiger partial charge >= 0.3 is 11.9 Å². The van der Waals surface area contributed by atoms with Crippen molar-refractivity contribution >= 4 is 17.8 Å². The number of methoxy groups -OCH3 is 1. The summed E-state index contributed by atoms with van der Waals surface area (Å²) >= 11 is 0. The van der Waals surface area contributed by atoms with Crippen LogP contribution in [-0.2, 0) is 19.1 Å². The van der Waals surface area contributed by atoms with Crippen molar-refractivity contribution in [3.63, 3.8) is 0 Å². The molecule has 0 aromatic heterocycles. The number of rotatable bonds is 7. The van der Waals surface area contributed by atoms with Gasteiger partial charge in [-0.25, -0.2) is 9.59 Å². The zero-order valence-corrected chi connectivity index (χ0v) is 21.6. The van der Waals surface area contributed by atoms with Crippen molar-refractivity contribution in [2.24, 2.45) is 0 Å². The SMILES string of the molecule is CCC1(CC)CC(=O)N([C@H]2c3cc(C(=O)O)ccc3O[C@@]2(C)COC)/C(=C/C(=O)OC(C)(C)C)N1. The summed E-state index contributed by atoms with van der Waals surface area (Å²) in [5, 5.41) is 13.0. The first kappa shape index (κ1) is 26.5. The molecule has 1 fully saturated rings. The van der Waals surface area contributed by atoms with Gasteiger partial charge in [0.25, 0.3) is 0 Å². The maximum absolute atomic E-state index is 13.8. The summed E-state index contributed by atoms with van der Waals surface area (Å²) in [4.78, 5) is 39.9. The number of carbonyl (C=O) groups is 3. The van der Waals surface area contributed by atoms with Gasteiger partial charge < -0.3 is 24.6 Å². The minimum absolute atomic E-state index is 0.0746. The fourth-order valence-electron chi connectivity index (χ4n) is 4.82. The number of benzene rings is 1. The molecule has 1 aromatic rings. The molecule has 0 bridgehead atoms. The third kappa shape index (κ3) is 5.29. The van der Waals surface area contributed by atoms with Crippen molar-refractivity contribution in [1.29, 1.82) is 0 Å². The van der Waals surface area contributed by atoms with Crippen LogP contribution in [0.15, 0.2) is 30.1 Å². The van der Waals surface area contributed by atoms with Crippen molar-refractivity contribution in [2.75, 3.05) is 13.7 Å². The van der Waals surface area contributed by atoms with Gasteiger partial charge in [0, 0.05) is 18.2 Å². The van der Waals surface area contributed by atoms with Crippen molar-refractivity contribution in [1.82, 2.24) is 10.2 Å². The van der Waals surface area contributed by atoms with Crippen molar-refractivity contribution in [3.8, 4) is 5.75 Å². The number of carbonyl (C=O) groups excluding carboxylic acids is 2. The topological polar surface area (TPSA) is 114 Å². The zero-order valence-electron chi connectivity index (χ0n) is 21.6. The number of aromatic carboxylic acids is 1. The Morgan fingerprint density at radius 1 is 1.29 bits per heavy atom. The second-order valence-corrected chi connectivity index (χ2v) is 10.4. The van der Waals surface area contributed by atoms with E-state index in [1.165, 1.54) is 30.2 Å². The van der Waals surface area contributed by atoms with E-state index in [-0.39, 0.29) is 24.5 Å². The minimum atomic E-state index is -1.09. The first-order valence-corrected chi connectivity index (χ1v) is 11.9. The number of esters is 1. The largest absolute Gasteiger partial charge is 0.482 e. The molecule has 0 radical (unpaired) electrons. The summed E-state index contributed by atoms with van der Waals surface area (Å²) in [6.07, 6.45) is 2.85. The number of hydrogen-bond donors (Lipinski definition) is 2. The third-order valence-corrected chi connectivity index (χ3v) is 6.59. The second kappa shape index (κ2) is 9.53. The highest BCUT2D eigenvalue weighted by Crippen LogP contribution is 2.49. The van der Waals surface area contributed by atoms with Crippen molar-refractivity contribution < 1.29 is 33.7 Å². The van der Waals surface area contributed by atoms with E-state index in [9.17, 15) is 19.5 Å². The Kier molecular flexibility index (Phi) is 7.22. The summed E-state index contributed by atoms with van der Waals surface area (Å²) in [6.45, 7) is 11.2. The van der Waals surface area contributed by atoms with Gasteiger partial charge in [-0.1, -0.05) is 13.8 Å². The molecular weight excluding hydrogens is 452 g/mol. The van der Waals surface area contributed by atoms with Gasteiger partial charge in [-0.2, -0.15) is 0 Å². The quantitative estimate of drug-likeness (QED) is 0.440. The third-order valence-electron chi connectivity index (χ3n) is 6.59. The molecule has 2 aliphatic heterocycles. The number of hydrogen-bond acceptors (Lipinski definition) is 7. The Labute approximate surface area is 206 Å². The second-order valence-electron chi connectivity index (χ2n) is 10.4. The summed E-state index contributed by atoms with van der Waals surface area (Å²) in [6, 6.07) is 3.83. The van der Waals surface area contributed by atoms with Crippen LogP contribution in [0.1, 0.15) is 82.8 Å². The normalized spacial score (nSPS) is 24.5. The van der Waals surface area contributed by atoms with Crippen LogP contribution in [0.5, 0.6) is 5.75 Å². The van der Waals surface area contributed by atoms with Gasteiger partial charge in [0.15, 0.2) is 5.60 Å². The molecule has 35 heavy (non-hydrogen) atoms. The molecule has 2 N–H and O–H groups in total. The van der Waals surface area contributed by atoms with E-state index < -0.39 is 34.7 Å². The number of amides is 1. The average Bonchev–Trinajstić information content (AvgIpc) is 3.03. The molecule has 1 aromatic carbocycles. The lowest BCUT2D eigenvalue weighted by Gasteiger charge is -2.48. The Bertz CT molecular complexity index is 1040. The zero-order chi connectivity index (χ0) is 26.2. The Balaban J connectivity index is 2.18. The van der Waals surface area contributed by atoms with Crippen LogP contribution in [0, 0.1) is 0 Å². The van der Waals surface area contributed by atoms with Crippen molar-refractivity contribution in [3.05, 3.63) is 41.2 Å². The highest BCUT2D eigenvalue weighted by Gasteiger charge is 2.53.